The van der Waals surface area contributed by atoms with Gasteiger partial charge in [0.1, 0.15) is 17.3 Å². The SMILES string of the molecule is O=C(Nc1ccc(-c2cccnc2)oc1=O)c1ccccc1F. The number of carbonyl (C=O) groups excluding carboxylic acids is 1. The number of anilines is 1. The highest BCUT2D eigenvalue weighted by Crippen LogP contribution is 2.18. The quantitative estimate of drug-likeness (QED) is 0.807. The molecule has 3 rings (SSSR count). The molecule has 0 bridgehead atoms. The summed E-state index contributed by atoms with van der Waals surface area (Å²) in [5.74, 6) is -1.06. The highest BCUT2D eigenvalue weighted by molar-refractivity contribution is 6.04. The molecule has 2 aromatic heterocycles. The Balaban J connectivity index is 1.86. The van der Waals surface area contributed by atoms with Gasteiger partial charge in [-0.2, -0.15) is 0 Å². The van der Waals surface area contributed by atoms with Crippen molar-refractivity contribution in [1.82, 2.24) is 4.98 Å². The van der Waals surface area contributed by atoms with Gasteiger partial charge >= 0.3 is 5.63 Å². The van der Waals surface area contributed by atoms with E-state index in [0.717, 1.165) is 0 Å². The second-order valence-corrected chi connectivity index (χ2v) is 4.68. The van der Waals surface area contributed by atoms with Gasteiger partial charge in [-0.25, -0.2) is 9.18 Å². The third-order valence-corrected chi connectivity index (χ3v) is 3.14. The molecule has 6 heteroatoms. The van der Waals surface area contributed by atoms with E-state index in [9.17, 15) is 14.0 Å². The molecule has 23 heavy (non-hydrogen) atoms. The van der Waals surface area contributed by atoms with Gasteiger partial charge in [0.25, 0.3) is 5.91 Å². The van der Waals surface area contributed by atoms with Crippen LogP contribution in [0.2, 0.25) is 0 Å². The number of nitrogens with one attached hydrogen (secondary N) is 1. The molecule has 0 saturated carbocycles. The molecule has 114 valence electrons. The van der Waals surface area contributed by atoms with E-state index in [1.807, 2.05) is 0 Å². The fourth-order valence-corrected chi connectivity index (χ4v) is 2.01. The minimum atomic E-state index is -0.726. The van der Waals surface area contributed by atoms with E-state index in [0.29, 0.717) is 11.3 Å². The summed E-state index contributed by atoms with van der Waals surface area (Å²) in [6, 6.07) is 11.9. The molecule has 0 fully saturated rings. The molecule has 2 heterocycles. The van der Waals surface area contributed by atoms with Gasteiger partial charge in [0.05, 0.1) is 5.56 Å². The van der Waals surface area contributed by atoms with Crippen molar-refractivity contribution in [3.63, 3.8) is 0 Å². The van der Waals surface area contributed by atoms with Crippen molar-refractivity contribution < 1.29 is 13.6 Å². The number of rotatable bonds is 3. The van der Waals surface area contributed by atoms with E-state index in [1.54, 1.807) is 24.5 Å². The smallest absolute Gasteiger partial charge is 0.360 e. The second-order valence-electron chi connectivity index (χ2n) is 4.68. The van der Waals surface area contributed by atoms with Crippen LogP contribution in [0.5, 0.6) is 0 Å². The zero-order valence-electron chi connectivity index (χ0n) is 11.8. The average Bonchev–Trinajstić information content (AvgIpc) is 2.58. The first kappa shape index (κ1) is 14.6. The molecule has 0 aliphatic carbocycles. The van der Waals surface area contributed by atoms with Crippen LogP contribution in [-0.2, 0) is 0 Å². The lowest BCUT2D eigenvalue weighted by Crippen LogP contribution is -2.18. The Morgan fingerprint density at radius 2 is 1.91 bits per heavy atom. The number of amides is 1. The van der Waals surface area contributed by atoms with Crippen LogP contribution < -0.4 is 10.9 Å². The Kier molecular flexibility index (Phi) is 3.97. The molecule has 0 saturated heterocycles. The van der Waals surface area contributed by atoms with Crippen molar-refractivity contribution in [2.45, 2.75) is 0 Å². The van der Waals surface area contributed by atoms with Gasteiger partial charge < -0.3 is 9.73 Å². The van der Waals surface area contributed by atoms with E-state index in [2.05, 4.69) is 10.3 Å². The predicted molar refractivity (Wildman–Crippen MR) is 82.6 cm³/mol. The molecular weight excluding hydrogens is 299 g/mol. The minimum absolute atomic E-state index is 0.0640. The Bertz CT molecular complexity index is 907. The number of benzene rings is 1. The number of pyridine rings is 1. The summed E-state index contributed by atoms with van der Waals surface area (Å²) < 4.78 is 18.7. The summed E-state index contributed by atoms with van der Waals surface area (Å²) in [6.07, 6.45) is 3.15. The lowest BCUT2D eigenvalue weighted by Gasteiger charge is -2.06. The lowest BCUT2D eigenvalue weighted by atomic mass is 10.2. The average molecular weight is 310 g/mol. The number of hydrogen-bond acceptors (Lipinski definition) is 4. The summed E-state index contributed by atoms with van der Waals surface area (Å²) in [4.78, 5) is 27.9. The highest BCUT2D eigenvalue weighted by atomic mass is 19.1. The van der Waals surface area contributed by atoms with Gasteiger partial charge in [-0.15, -0.1) is 0 Å². The molecule has 0 spiro atoms. The van der Waals surface area contributed by atoms with Crippen molar-refractivity contribution in [3.05, 3.63) is 82.7 Å². The zero-order valence-corrected chi connectivity index (χ0v) is 11.8. The van der Waals surface area contributed by atoms with Crippen LogP contribution >= 0.6 is 0 Å². The van der Waals surface area contributed by atoms with Gasteiger partial charge in [0.2, 0.25) is 0 Å². The number of halogens is 1. The fraction of sp³-hybridized carbons (Fsp3) is 0. The highest BCUT2D eigenvalue weighted by Gasteiger charge is 2.14. The van der Waals surface area contributed by atoms with E-state index >= 15 is 0 Å². The summed E-state index contributed by atoms with van der Waals surface area (Å²) in [5.41, 5.74) is -0.304. The van der Waals surface area contributed by atoms with Crippen LogP contribution in [-0.4, -0.2) is 10.9 Å². The first-order valence-electron chi connectivity index (χ1n) is 6.75. The molecule has 0 radical (unpaired) electrons. The number of carbonyl (C=O) groups is 1. The Morgan fingerprint density at radius 3 is 2.61 bits per heavy atom. The Morgan fingerprint density at radius 1 is 1.09 bits per heavy atom. The zero-order chi connectivity index (χ0) is 16.2. The largest absolute Gasteiger partial charge is 0.421 e. The van der Waals surface area contributed by atoms with Crippen molar-refractivity contribution in [2.75, 3.05) is 5.32 Å². The van der Waals surface area contributed by atoms with Gasteiger partial charge in [-0.05, 0) is 36.4 Å². The molecule has 0 unspecified atom stereocenters. The van der Waals surface area contributed by atoms with E-state index in [4.69, 9.17) is 4.42 Å². The molecular formula is C17H11FN2O3. The number of hydrogen-bond donors (Lipinski definition) is 1. The van der Waals surface area contributed by atoms with Crippen LogP contribution in [0, 0.1) is 5.82 Å². The fourth-order valence-electron chi connectivity index (χ4n) is 2.01. The first-order chi connectivity index (χ1) is 11.1. The second kappa shape index (κ2) is 6.23. The molecule has 0 atom stereocenters. The Hall–Kier alpha value is -3.28. The number of aromatic nitrogens is 1. The number of nitrogens with zero attached hydrogens (tertiary/aromatic N) is 1. The molecule has 1 N–H and O–H groups in total. The summed E-state index contributed by atoms with van der Waals surface area (Å²) in [7, 11) is 0. The van der Waals surface area contributed by atoms with Crippen LogP contribution in [0.25, 0.3) is 11.3 Å². The van der Waals surface area contributed by atoms with Crippen LogP contribution in [0.4, 0.5) is 10.1 Å². The summed E-state index contributed by atoms with van der Waals surface area (Å²) >= 11 is 0. The molecule has 3 aromatic rings. The van der Waals surface area contributed by atoms with Gasteiger partial charge in [-0.1, -0.05) is 12.1 Å². The summed E-state index contributed by atoms with van der Waals surface area (Å²) in [5, 5.41) is 2.35. The normalized spacial score (nSPS) is 10.3. The van der Waals surface area contributed by atoms with Gasteiger partial charge in [0.15, 0.2) is 0 Å². The van der Waals surface area contributed by atoms with Crippen molar-refractivity contribution in [2.24, 2.45) is 0 Å². The molecule has 0 aliphatic heterocycles. The maximum Gasteiger partial charge on any atom is 0.360 e. The third-order valence-electron chi connectivity index (χ3n) is 3.14. The maximum absolute atomic E-state index is 13.6. The topological polar surface area (TPSA) is 72.2 Å². The molecule has 1 aromatic carbocycles. The lowest BCUT2D eigenvalue weighted by molar-refractivity contribution is 0.102. The van der Waals surface area contributed by atoms with Gasteiger partial charge in [0, 0.05) is 18.0 Å². The van der Waals surface area contributed by atoms with E-state index in [1.165, 1.54) is 36.4 Å². The predicted octanol–water partition coefficient (Wildman–Crippen LogP) is 3.09. The van der Waals surface area contributed by atoms with E-state index < -0.39 is 17.3 Å². The van der Waals surface area contributed by atoms with Crippen molar-refractivity contribution in [1.29, 1.82) is 0 Å². The van der Waals surface area contributed by atoms with Crippen LogP contribution in [0.15, 0.2) is 70.1 Å². The van der Waals surface area contributed by atoms with Gasteiger partial charge in [-0.3, -0.25) is 9.78 Å². The van der Waals surface area contributed by atoms with Crippen molar-refractivity contribution in [3.8, 4) is 11.3 Å². The minimum Gasteiger partial charge on any atom is -0.421 e. The standard InChI is InChI=1S/C17H11FN2O3/c18-13-6-2-1-5-12(13)16(21)20-14-7-8-15(23-17(14)22)11-4-3-9-19-10-11/h1-10H,(H,20,21). The molecule has 1 amide bonds. The van der Waals surface area contributed by atoms with Crippen LogP contribution in [0.1, 0.15) is 10.4 Å². The monoisotopic (exact) mass is 310 g/mol. The van der Waals surface area contributed by atoms with E-state index in [-0.39, 0.29) is 11.3 Å². The third kappa shape index (κ3) is 3.16. The molecule has 5 nitrogen and oxygen atoms in total. The maximum atomic E-state index is 13.6. The Labute approximate surface area is 130 Å². The first-order valence-corrected chi connectivity index (χ1v) is 6.75. The summed E-state index contributed by atoms with van der Waals surface area (Å²) in [6.45, 7) is 0. The van der Waals surface area contributed by atoms with Crippen molar-refractivity contribution >= 4 is 11.6 Å². The van der Waals surface area contributed by atoms with Crippen LogP contribution in [0.3, 0.4) is 0 Å². The molecule has 0 aliphatic rings.